The molecule has 1 saturated heterocycles. The standard InChI is InChI=1S/C9H14O4.C8H6O4.C4H6O4.C3H6/c1-7-6-12-8(10)4-2-3-5-9(11)13-7;9-7(10)5-3-1-2-4-6(5)8(11)12;5-3(6)1-2-4(7)8;1-3-2/h7H,2-6H2,1H3;1-4H,(H,9,10)(H,11,12);1-2H2,(H,5,6)(H,7,8);3H,1H2,2H3. The number of esters is 2. The lowest BCUT2D eigenvalue weighted by Crippen LogP contribution is -2.23. The Morgan fingerprint density at radius 3 is 1.64 bits per heavy atom. The number of benzene rings is 1. The molecule has 0 bridgehead atoms. The molecule has 0 saturated carbocycles. The van der Waals surface area contributed by atoms with Crippen LogP contribution in [0.2, 0.25) is 0 Å². The number of carbonyl (C=O) groups excluding carboxylic acids is 2. The normalized spacial score (nSPS) is 14.8. The van der Waals surface area contributed by atoms with Gasteiger partial charge in [-0.25, -0.2) is 9.59 Å². The molecule has 1 unspecified atom stereocenters. The van der Waals surface area contributed by atoms with E-state index in [-0.39, 0.29) is 48.6 Å². The van der Waals surface area contributed by atoms with Crippen LogP contribution in [0.4, 0.5) is 0 Å². The predicted octanol–water partition coefficient (Wildman–Crippen LogP) is 3.25. The molecular weight excluding hydrogens is 480 g/mol. The molecule has 0 amide bonds. The molecule has 0 aliphatic carbocycles. The van der Waals surface area contributed by atoms with Crippen molar-refractivity contribution in [3.63, 3.8) is 0 Å². The number of hydrogen-bond acceptors (Lipinski definition) is 8. The molecule has 0 radical (unpaired) electrons. The average Bonchev–Trinajstić information content (AvgIpc) is 2.80. The third-order valence-corrected chi connectivity index (χ3v) is 3.76. The van der Waals surface area contributed by atoms with Crippen molar-refractivity contribution >= 4 is 35.8 Å². The number of carbonyl (C=O) groups is 6. The Labute approximate surface area is 208 Å². The number of cyclic esters (lactones) is 2. The van der Waals surface area contributed by atoms with E-state index in [2.05, 4.69) is 6.58 Å². The molecule has 4 N–H and O–H groups in total. The zero-order valence-electron chi connectivity index (χ0n) is 20.2. The van der Waals surface area contributed by atoms with Gasteiger partial charge in [0.15, 0.2) is 0 Å². The third-order valence-electron chi connectivity index (χ3n) is 3.76. The highest BCUT2D eigenvalue weighted by molar-refractivity contribution is 6.01. The van der Waals surface area contributed by atoms with Crippen molar-refractivity contribution in [2.45, 2.75) is 58.5 Å². The Morgan fingerprint density at radius 1 is 0.889 bits per heavy atom. The second-order valence-electron chi connectivity index (χ2n) is 7.04. The molecule has 0 spiro atoms. The van der Waals surface area contributed by atoms with Crippen LogP contribution in [0.25, 0.3) is 0 Å². The zero-order chi connectivity index (χ0) is 28.1. The van der Waals surface area contributed by atoms with E-state index in [4.69, 9.17) is 29.9 Å². The van der Waals surface area contributed by atoms with E-state index < -0.39 is 23.9 Å². The van der Waals surface area contributed by atoms with Crippen molar-refractivity contribution in [2.75, 3.05) is 6.61 Å². The molecule has 1 aromatic carbocycles. The fourth-order valence-electron chi connectivity index (χ4n) is 2.21. The number of carboxylic acid groups (broad SMARTS) is 4. The maximum Gasteiger partial charge on any atom is 0.336 e. The molecule has 12 heteroatoms. The molecule has 1 aromatic rings. The zero-order valence-corrected chi connectivity index (χ0v) is 20.2. The fraction of sp³-hybridized carbons (Fsp3) is 0.417. The van der Waals surface area contributed by atoms with Crippen LogP contribution in [0.15, 0.2) is 36.9 Å². The maximum atomic E-state index is 11.0. The van der Waals surface area contributed by atoms with Crippen LogP contribution >= 0.6 is 0 Å². The molecule has 1 aliphatic heterocycles. The van der Waals surface area contributed by atoms with Crippen molar-refractivity contribution in [1.29, 1.82) is 0 Å². The van der Waals surface area contributed by atoms with E-state index in [1.165, 1.54) is 24.3 Å². The molecule has 12 nitrogen and oxygen atoms in total. The summed E-state index contributed by atoms with van der Waals surface area (Å²) in [6, 6.07) is 5.48. The number of rotatable bonds is 5. The van der Waals surface area contributed by atoms with E-state index in [0.717, 1.165) is 0 Å². The monoisotopic (exact) mass is 512 g/mol. The summed E-state index contributed by atoms with van der Waals surface area (Å²) in [5.41, 5.74) is -0.380. The largest absolute Gasteiger partial charge is 0.481 e. The summed E-state index contributed by atoms with van der Waals surface area (Å²) in [5, 5.41) is 32.9. The lowest BCUT2D eigenvalue weighted by Gasteiger charge is -2.15. The van der Waals surface area contributed by atoms with Crippen LogP contribution in [0, 0.1) is 0 Å². The SMILES string of the molecule is C=CC.CC1COC(=O)CCCCC(=O)O1.O=C(O)CCC(=O)O.O=C(O)c1ccccc1C(=O)O. The van der Waals surface area contributed by atoms with Gasteiger partial charge in [-0.1, -0.05) is 18.2 Å². The number of hydrogen-bond donors (Lipinski definition) is 4. The van der Waals surface area contributed by atoms with Gasteiger partial charge in [0.2, 0.25) is 0 Å². The van der Waals surface area contributed by atoms with Gasteiger partial charge >= 0.3 is 35.8 Å². The van der Waals surface area contributed by atoms with Crippen molar-refractivity contribution in [3.05, 3.63) is 48.0 Å². The Balaban J connectivity index is 0. The molecule has 1 aliphatic rings. The summed E-state index contributed by atoms with van der Waals surface area (Å²) >= 11 is 0. The van der Waals surface area contributed by atoms with Crippen LogP contribution in [0.3, 0.4) is 0 Å². The average molecular weight is 513 g/mol. The van der Waals surface area contributed by atoms with Gasteiger partial charge in [0.05, 0.1) is 24.0 Å². The molecule has 1 atom stereocenters. The first-order valence-corrected chi connectivity index (χ1v) is 10.8. The minimum Gasteiger partial charge on any atom is -0.481 e. The second kappa shape index (κ2) is 20.2. The summed E-state index contributed by atoms with van der Waals surface area (Å²) in [6.45, 7) is 7.14. The Hall–Kier alpha value is -4.22. The maximum absolute atomic E-state index is 11.0. The van der Waals surface area contributed by atoms with Gasteiger partial charge in [0.1, 0.15) is 12.7 Å². The first kappa shape index (κ1) is 34.0. The van der Waals surface area contributed by atoms with Crippen LogP contribution < -0.4 is 0 Å². The third kappa shape index (κ3) is 19.3. The molecule has 1 fully saturated rings. The van der Waals surface area contributed by atoms with Crippen molar-refractivity contribution in [1.82, 2.24) is 0 Å². The van der Waals surface area contributed by atoms with Crippen molar-refractivity contribution in [3.8, 4) is 0 Å². The van der Waals surface area contributed by atoms with Gasteiger partial charge in [-0.3, -0.25) is 19.2 Å². The number of carboxylic acids is 4. The van der Waals surface area contributed by atoms with Gasteiger partial charge < -0.3 is 29.9 Å². The number of allylic oxidation sites excluding steroid dienone is 1. The van der Waals surface area contributed by atoms with Crippen LogP contribution in [0.5, 0.6) is 0 Å². The Morgan fingerprint density at radius 2 is 1.28 bits per heavy atom. The van der Waals surface area contributed by atoms with Crippen LogP contribution in [-0.4, -0.2) is 69.0 Å². The topological polar surface area (TPSA) is 202 Å². The van der Waals surface area contributed by atoms with Crippen LogP contribution in [-0.2, 0) is 28.7 Å². The minimum atomic E-state index is -1.23. The highest BCUT2D eigenvalue weighted by Crippen LogP contribution is 2.08. The first-order chi connectivity index (χ1) is 16.8. The molecule has 2 rings (SSSR count). The van der Waals surface area contributed by atoms with Gasteiger partial charge in [0.25, 0.3) is 0 Å². The highest BCUT2D eigenvalue weighted by atomic mass is 16.6. The quantitative estimate of drug-likeness (QED) is 0.332. The van der Waals surface area contributed by atoms with Gasteiger partial charge in [-0.05, 0) is 38.8 Å². The number of ether oxygens (including phenoxy) is 2. The van der Waals surface area contributed by atoms with Gasteiger partial charge in [-0.15, -0.1) is 6.58 Å². The van der Waals surface area contributed by atoms with E-state index in [0.29, 0.717) is 25.7 Å². The summed E-state index contributed by atoms with van der Waals surface area (Å²) in [4.78, 5) is 62.2. The van der Waals surface area contributed by atoms with E-state index in [9.17, 15) is 28.8 Å². The summed E-state index contributed by atoms with van der Waals surface area (Å²) in [7, 11) is 0. The molecular formula is C24H32O12. The lowest BCUT2D eigenvalue weighted by molar-refractivity contribution is -0.159. The van der Waals surface area contributed by atoms with Crippen LogP contribution in [0.1, 0.15) is 73.1 Å². The molecule has 36 heavy (non-hydrogen) atoms. The van der Waals surface area contributed by atoms with E-state index in [1.807, 2.05) is 6.92 Å². The molecule has 0 aromatic heterocycles. The number of aliphatic carboxylic acids is 2. The molecule has 200 valence electrons. The Kier molecular flexibility index (Phi) is 19.0. The number of aromatic carboxylic acids is 2. The highest BCUT2D eigenvalue weighted by Gasteiger charge is 2.15. The minimum absolute atomic E-state index is 0.171. The van der Waals surface area contributed by atoms with Crippen molar-refractivity contribution in [2.24, 2.45) is 0 Å². The summed E-state index contributed by atoms with van der Waals surface area (Å²) in [6.07, 6.45) is 3.03. The smallest absolute Gasteiger partial charge is 0.336 e. The fourth-order valence-corrected chi connectivity index (χ4v) is 2.21. The van der Waals surface area contributed by atoms with E-state index in [1.54, 1.807) is 13.0 Å². The van der Waals surface area contributed by atoms with Gasteiger partial charge in [0, 0.05) is 12.8 Å². The second-order valence-corrected chi connectivity index (χ2v) is 7.04. The first-order valence-electron chi connectivity index (χ1n) is 10.8. The van der Waals surface area contributed by atoms with E-state index >= 15 is 0 Å². The Bertz CT molecular complexity index is 844. The summed E-state index contributed by atoms with van der Waals surface area (Å²) < 4.78 is 9.82. The lowest BCUT2D eigenvalue weighted by atomic mass is 10.1. The van der Waals surface area contributed by atoms with Crippen molar-refractivity contribution < 1.29 is 58.7 Å². The molecule has 1 heterocycles. The predicted molar refractivity (Wildman–Crippen MR) is 126 cm³/mol. The summed E-state index contributed by atoms with van der Waals surface area (Å²) in [5.74, 6) is -5.02. The van der Waals surface area contributed by atoms with Gasteiger partial charge in [-0.2, -0.15) is 0 Å².